The van der Waals surface area contributed by atoms with Gasteiger partial charge in [0.25, 0.3) is 0 Å². The summed E-state index contributed by atoms with van der Waals surface area (Å²) in [6.45, 7) is 7.68. The number of anilines is 1. The van der Waals surface area contributed by atoms with Crippen molar-refractivity contribution in [3.63, 3.8) is 0 Å². The third-order valence-corrected chi connectivity index (χ3v) is 4.54. The van der Waals surface area contributed by atoms with Crippen LogP contribution in [0.4, 0.5) is 5.69 Å². The van der Waals surface area contributed by atoms with E-state index >= 15 is 0 Å². The van der Waals surface area contributed by atoms with E-state index in [4.69, 9.17) is 0 Å². The van der Waals surface area contributed by atoms with Gasteiger partial charge < -0.3 is 15.1 Å². The minimum atomic E-state index is -0.198. The fraction of sp³-hybridized carbons (Fsp3) is 0.556. The van der Waals surface area contributed by atoms with Crippen molar-refractivity contribution in [2.75, 3.05) is 52.1 Å². The first-order valence-corrected chi connectivity index (χ1v) is 8.41. The number of benzene rings is 1. The second kappa shape index (κ2) is 8.26. The third kappa shape index (κ3) is 5.04. The Bertz CT molecular complexity index is 565. The number of aryl methyl sites for hydroxylation is 1. The highest BCUT2D eigenvalue weighted by Crippen LogP contribution is 2.10. The van der Waals surface area contributed by atoms with Crippen LogP contribution >= 0.6 is 0 Å². The quantitative estimate of drug-likeness (QED) is 0.875. The van der Waals surface area contributed by atoms with Gasteiger partial charge in [-0.2, -0.15) is 0 Å². The highest BCUT2D eigenvalue weighted by Gasteiger charge is 2.27. The SMILES string of the molecule is Cc1ccc(NC(=O)CN(C)C(=O)[C@@H](C)N2CCN(C)CC2)cc1. The van der Waals surface area contributed by atoms with Crippen molar-refractivity contribution < 1.29 is 9.59 Å². The zero-order chi connectivity index (χ0) is 17.7. The van der Waals surface area contributed by atoms with Crippen molar-refractivity contribution in [3.05, 3.63) is 29.8 Å². The van der Waals surface area contributed by atoms with E-state index in [9.17, 15) is 9.59 Å². The molecule has 1 N–H and O–H groups in total. The summed E-state index contributed by atoms with van der Waals surface area (Å²) in [5.41, 5.74) is 1.89. The van der Waals surface area contributed by atoms with Gasteiger partial charge in [-0.1, -0.05) is 17.7 Å². The molecule has 0 aliphatic carbocycles. The Morgan fingerprint density at radius 2 is 1.75 bits per heavy atom. The summed E-state index contributed by atoms with van der Waals surface area (Å²) in [5.74, 6) is -0.195. The number of piperazine rings is 1. The molecule has 1 aliphatic heterocycles. The van der Waals surface area contributed by atoms with Crippen molar-refractivity contribution in [2.45, 2.75) is 19.9 Å². The van der Waals surface area contributed by atoms with Crippen LogP contribution in [0.1, 0.15) is 12.5 Å². The number of nitrogens with zero attached hydrogens (tertiary/aromatic N) is 3. The van der Waals surface area contributed by atoms with Gasteiger partial charge in [0, 0.05) is 38.9 Å². The smallest absolute Gasteiger partial charge is 0.243 e. The van der Waals surface area contributed by atoms with Crippen LogP contribution in [0.15, 0.2) is 24.3 Å². The van der Waals surface area contributed by atoms with E-state index in [1.807, 2.05) is 38.1 Å². The van der Waals surface area contributed by atoms with E-state index in [2.05, 4.69) is 22.2 Å². The average Bonchev–Trinajstić information content (AvgIpc) is 2.56. The predicted octanol–water partition coefficient (Wildman–Crippen LogP) is 1.03. The van der Waals surface area contributed by atoms with Crippen LogP contribution in [-0.4, -0.2) is 79.4 Å². The summed E-state index contributed by atoms with van der Waals surface area (Å²) < 4.78 is 0. The zero-order valence-electron chi connectivity index (χ0n) is 15.1. The lowest BCUT2D eigenvalue weighted by atomic mass is 10.2. The minimum Gasteiger partial charge on any atom is -0.335 e. The lowest BCUT2D eigenvalue weighted by Crippen LogP contribution is -2.53. The maximum absolute atomic E-state index is 12.5. The first-order chi connectivity index (χ1) is 11.4. The largest absolute Gasteiger partial charge is 0.335 e. The fourth-order valence-electron chi connectivity index (χ4n) is 2.82. The number of carbonyl (C=O) groups excluding carboxylic acids is 2. The van der Waals surface area contributed by atoms with E-state index in [1.165, 1.54) is 4.90 Å². The summed E-state index contributed by atoms with van der Waals surface area (Å²) in [5, 5.41) is 2.83. The molecule has 1 atom stereocenters. The van der Waals surface area contributed by atoms with E-state index in [1.54, 1.807) is 7.05 Å². The van der Waals surface area contributed by atoms with Gasteiger partial charge in [-0.05, 0) is 33.0 Å². The molecule has 1 aromatic rings. The van der Waals surface area contributed by atoms with Crippen molar-refractivity contribution >= 4 is 17.5 Å². The molecule has 6 nitrogen and oxygen atoms in total. The number of rotatable bonds is 5. The molecule has 0 aromatic heterocycles. The summed E-state index contributed by atoms with van der Waals surface area (Å²) in [7, 11) is 3.77. The highest BCUT2D eigenvalue weighted by atomic mass is 16.2. The summed E-state index contributed by atoms with van der Waals surface area (Å²) >= 11 is 0. The van der Waals surface area contributed by atoms with E-state index < -0.39 is 0 Å². The molecule has 0 unspecified atom stereocenters. The number of likely N-dealkylation sites (N-methyl/N-ethyl adjacent to an activating group) is 2. The maximum atomic E-state index is 12.5. The van der Waals surface area contributed by atoms with E-state index in [0.29, 0.717) is 0 Å². The molecular formula is C18H28N4O2. The average molecular weight is 332 g/mol. The Kier molecular flexibility index (Phi) is 6.34. The van der Waals surface area contributed by atoms with Gasteiger partial charge in [0.15, 0.2) is 0 Å². The first kappa shape index (κ1) is 18.4. The molecule has 1 heterocycles. The molecule has 1 saturated heterocycles. The topological polar surface area (TPSA) is 55.9 Å². The van der Waals surface area contributed by atoms with Gasteiger partial charge >= 0.3 is 0 Å². The standard InChI is InChI=1S/C18H28N4O2/c1-14-5-7-16(8-6-14)19-17(23)13-21(4)18(24)15(2)22-11-9-20(3)10-12-22/h5-8,15H,9-13H2,1-4H3,(H,19,23)/t15-/m1/s1. The number of carbonyl (C=O) groups is 2. The number of hydrogen-bond acceptors (Lipinski definition) is 4. The van der Waals surface area contributed by atoms with Crippen molar-refractivity contribution in [2.24, 2.45) is 0 Å². The number of amides is 2. The summed E-state index contributed by atoms with van der Waals surface area (Å²) in [6.07, 6.45) is 0. The Balaban J connectivity index is 1.83. The molecule has 0 bridgehead atoms. The molecule has 2 rings (SSSR count). The first-order valence-electron chi connectivity index (χ1n) is 8.41. The molecule has 2 amide bonds. The van der Waals surface area contributed by atoms with Crippen LogP contribution in [-0.2, 0) is 9.59 Å². The highest BCUT2D eigenvalue weighted by molar-refractivity contribution is 5.95. The molecule has 0 radical (unpaired) electrons. The van der Waals surface area contributed by atoms with Crippen molar-refractivity contribution in [1.82, 2.24) is 14.7 Å². The molecule has 132 valence electrons. The minimum absolute atomic E-state index is 0.0152. The van der Waals surface area contributed by atoms with Crippen molar-refractivity contribution in [1.29, 1.82) is 0 Å². The Morgan fingerprint density at radius 1 is 1.17 bits per heavy atom. The normalized spacial score (nSPS) is 17.3. The van der Waals surface area contributed by atoms with Gasteiger partial charge in [0.1, 0.15) is 0 Å². The van der Waals surface area contributed by atoms with Crippen LogP contribution in [0, 0.1) is 6.92 Å². The molecule has 0 spiro atoms. The maximum Gasteiger partial charge on any atom is 0.243 e. The molecule has 1 aromatic carbocycles. The van der Waals surface area contributed by atoms with Crippen LogP contribution in [0.5, 0.6) is 0 Å². The number of hydrogen-bond donors (Lipinski definition) is 1. The zero-order valence-corrected chi connectivity index (χ0v) is 15.1. The molecule has 0 saturated carbocycles. The van der Waals surface area contributed by atoms with Gasteiger partial charge in [-0.3, -0.25) is 14.5 Å². The molecular weight excluding hydrogens is 304 g/mol. The Morgan fingerprint density at radius 3 is 2.33 bits per heavy atom. The predicted molar refractivity (Wildman–Crippen MR) is 96.0 cm³/mol. The van der Waals surface area contributed by atoms with Gasteiger partial charge in [0.05, 0.1) is 12.6 Å². The lowest BCUT2D eigenvalue weighted by Gasteiger charge is -2.36. The van der Waals surface area contributed by atoms with Crippen LogP contribution < -0.4 is 5.32 Å². The van der Waals surface area contributed by atoms with E-state index in [-0.39, 0.29) is 24.4 Å². The fourth-order valence-corrected chi connectivity index (χ4v) is 2.82. The molecule has 6 heteroatoms. The van der Waals surface area contributed by atoms with Crippen LogP contribution in [0.25, 0.3) is 0 Å². The lowest BCUT2D eigenvalue weighted by molar-refractivity contribution is -0.138. The second-order valence-electron chi connectivity index (χ2n) is 6.62. The third-order valence-electron chi connectivity index (χ3n) is 4.54. The summed E-state index contributed by atoms with van der Waals surface area (Å²) in [6, 6.07) is 7.42. The van der Waals surface area contributed by atoms with Gasteiger partial charge in [-0.25, -0.2) is 0 Å². The molecule has 1 fully saturated rings. The molecule has 24 heavy (non-hydrogen) atoms. The summed E-state index contributed by atoms with van der Waals surface area (Å²) in [4.78, 5) is 30.6. The Labute approximate surface area is 144 Å². The second-order valence-corrected chi connectivity index (χ2v) is 6.62. The number of nitrogens with one attached hydrogen (secondary N) is 1. The monoisotopic (exact) mass is 332 g/mol. The van der Waals surface area contributed by atoms with Gasteiger partial charge in [-0.15, -0.1) is 0 Å². The van der Waals surface area contributed by atoms with Crippen LogP contribution in [0.3, 0.4) is 0 Å². The van der Waals surface area contributed by atoms with Crippen molar-refractivity contribution in [3.8, 4) is 0 Å². The van der Waals surface area contributed by atoms with Gasteiger partial charge in [0.2, 0.25) is 11.8 Å². The van der Waals surface area contributed by atoms with Crippen LogP contribution in [0.2, 0.25) is 0 Å². The molecule has 1 aliphatic rings. The van der Waals surface area contributed by atoms with E-state index in [0.717, 1.165) is 37.4 Å². The Hall–Kier alpha value is -1.92.